The molecule has 1 aliphatic heterocycles. The van der Waals surface area contributed by atoms with Crippen LogP contribution in [0.25, 0.3) is 0 Å². The Kier molecular flexibility index (Phi) is 3.59. The lowest BCUT2D eigenvalue weighted by Crippen LogP contribution is -2.10. The summed E-state index contributed by atoms with van der Waals surface area (Å²) in [5.41, 5.74) is 0.113. The Bertz CT molecular complexity index is 475. The highest BCUT2D eigenvalue weighted by Gasteiger charge is 2.28. The van der Waals surface area contributed by atoms with E-state index in [9.17, 15) is 9.59 Å². The predicted molar refractivity (Wildman–Crippen MR) is 63.6 cm³/mol. The third kappa shape index (κ3) is 2.73. The average molecular weight is 273 g/mol. The first-order chi connectivity index (χ1) is 8.08. The van der Waals surface area contributed by atoms with Gasteiger partial charge in [0.2, 0.25) is 0 Å². The highest BCUT2D eigenvalue weighted by Crippen LogP contribution is 2.33. The average Bonchev–Trinajstić information content (AvgIpc) is 2.67. The zero-order valence-corrected chi connectivity index (χ0v) is 10.3. The van der Waals surface area contributed by atoms with Gasteiger partial charge in [0.1, 0.15) is 5.25 Å². The minimum Gasteiger partial charge on any atom is -0.478 e. The standard InChI is InChI=1S/C11H9ClO4S/c12-6-1-2-8(7(5-6)10(13)14)17-9-3-4-16-11(9)15/h1-2,5,9H,3-4H2,(H,13,14). The van der Waals surface area contributed by atoms with Crippen LogP contribution in [-0.2, 0) is 9.53 Å². The zero-order chi connectivity index (χ0) is 12.4. The topological polar surface area (TPSA) is 63.6 Å². The summed E-state index contributed by atoms with van der Waals surface area (Å²) in [6.07, 6.45) is 0.602. The van der Waals surface area contributed by atoms with E-state index >= 15 is 0 Å². The Hall–Kier alpha value is -1.20. The van der Waals surface area contributed by atoms with E-state index in [4.69, 9.17) is 21.4 Å². The highest BCUT2D eigenvalue weighted by molar-refractivity contribution is 8.00. The second-order valence-corrected chi connectivity index (χ2v) is 5.19. The molecule has 1 unspecified atom stereocenters. The Morgan fingerprint density at radius 3 is 2.88 bits per heavy atom. The number of hydrogen-bond donors (Lipinski definition) is 1. The van der Waals surface area contributed by atoms with Gasteiger partial charge in [-0.3, -0.25) is 4.79 Å². The molecule has 1 aromatic rings. The van der Waals surface area contributed by atoms with Gasteiger partial charge >= 0.3 is 11.9 Å². The summed E-state index contributed by atoms with van der Waals surface area (Å²) in [5, 5.41) is 9.08. The Balaban J connectivity index is 2.25. The molecule has 0 aliphatic carbocycles. The number of ether oxygens (including phenoxy) is 1. The van der Waals surface area contributed by atoms with Crippen molar-refractivity contribution in [1.82, 2.24) is 0 Å². The van der Waals surface area contributed by atoms with Crippen molar-refractivity contribution < 1.29 is 19.4 Å². The van der Waals surface area contributed by atoms with Gasteiger partial charge in [-0.15, -0.1) is 11.8 Å². The van der Waals surface area contributed by atoms with Crippen molar-refractivity contribution in [2.45, 2.75) is 16.6 Å². The van der Waals surface area contributed by atoms with Crippen molar-refractivity contribution in [2.24, 2.45) is 0 Å². The van der Waals surface area contributed by atoms with Crippen LogP contribution >= 0.6 is 23.4 Å². The number of aromatic carboxylic acids is 1. The number of carboxylic acids is 1. The number of rotatable bonds is 3. The van der Waals surface area contributed by atoms with Gasteiger partial charge in [-0.05, 0) is 18.2 Å². The minimum atomic E-state index is -1.05. The van der Waals surface area contributed by atoms with E-state index in [1.54, 1.807) is 12.1 Å². The molecular formula is C11H9ClO4S. The van der Waals surface area contributed by atoms with Crippen LogP contribution in [0.4, 0.5) is 0 Å². The van der Waals surface area contributed by atoms with Gasteiger partial charge in [0.15, 0.2) is 0 Å². The molecule has 4 nitrogen and oxygen atoms in total. The number of hydrogen-bond acceptors (Lipinski definition) is 4. The van der Waals surface area contributed by atoms with Crippen LogP contribution in [0, 0.1) is 0 Å². The van der Waals surface area contributed by atoms with Crippen LogP contribution in [0.1, 0.15) is 16.8 Å². The second-order valence-electron chi connectivity index (χ2n) is 3.51. The van der Waals surface area contributed by atoms with Gasteiger partial charge in [-0.2, -0.15) is 0 Å². The van der Waals surface area contributed by atoms with Crippen LogP contribution in [0.3, 0.4) is 0 Å². The van der Waals surface area contributed by atoms with Crippen molar-refractivity contribution in [3.8, 4) is 0 Å². The van der Waals surface area contributed by atoms with Gasteiger partial charge in [0.05, 0.1) is 12.2 Å². The summed E-state index contributed by atoms with van der Waals surface area (Å²) in [7, 11) is 0. The maximum absolute atomic E-state index is 11.3. The summed E-state index contributed by atoms with van der Waals surface area (Å²) in [6.45, 7) is 0.395. The number of esters is 1. The van der Waals surface area contributed by atoms with E-state index in [1.165, 1.54) is 17.8 Å². The third-order valence-corrected chi connectivity index (χ3v) is 3.89. The normalized spacial score (nSPS) is 19.1. The smallest absolute Gasteiger partial charge is 0.336 e. The summed E-state index contributed by atoms with van der Waals surface area (Å²) in [4.78, 5) is 22.9. The fourth-order valence-electron chi connectivity index (χ4n) is 1.51. The summed E-state index contributed by atoms with van der Waals surface area (Å²) in [5.74, 6) is -1.34. The molecule has 1 atom stereocenters. The van der Waals surface area contributed by atoms with Crippen LogP contribution in [0.2, 0.25) is 5.02 Å². The SMILES string of the molecule is O=C(O)c1cc(Cl)ccc1SC1CCOC1=O. The van der Waals surface area contributed by atoms with Gasteiger partial charge in [-0.25, -0.2) is 4.79 Å². The molecule has 0 saturated carbocycles. The first-order valence-corrected chi connectivity index (χ1v) is 6.20. The lowest BCUT2D eigenvalue weighted by atomic mass is 10.2. The van der Waals surface area contributed by atoms with Crippen molar-refractivity contribution in [3.63, 3.8) is 0 Å². The van der Waals surface area contributed by atoms with Gasteiger partial charge in [0.25, 0.3) is 0 Å². The molecule has 6 heteroatoms. The van der Waals surface area contributed by atoms with Crippen molar-refractivity contribution in [3.05, 3.63) is 28.8 Å². The molecule has 2 rings (SSSR count). The molecule has 0 spiro atoms. The van der Waals surface area contributed by atoms with Crippen LogP contribution in [0.5, 0.6) is 0 Å². The maximum Gasteiger partial charge on any atom is 0.336 e. The molecule has 0 radical (unpaired) electrons. The quantitative estimate of drug-likeness (QED) is 0.856. The van der Waals surface area contributed by atoms with Crippen molar-refractivity contribution in [1.29, 1.82) is 0 Å². The fourth-order valence-corrected chi connectivity index (χ4v) is 2.79. The predicted octanol–water partition coefficient (Wildman–Crippen LogP) is 2.45. The molecule has 0 bridgehead atoms. The van der Waals surface area contributed by atoms with Gasteiger partial charge in [-0.1, -0.05) is 11.6 Å². The summed E-state index contributed by atoms with van der Waals surface area (Å²) in [6, 6.07) is 4.60. The maximum atomic E-state index is 11.3. The molecule has 1 N–H and O–H groups in total. The number of carbonyl (C=O) groups is 2. The molecule has 0 amide bonds. The lowest BCUT2D eigenvalue weighted by Gasteiger charge is -2.08. The summed E-state index contributed by atoms with van der Waals surface area (Å²) >= 11 is 6.95. The number of carboxylic acid groups (broad SMARTS) is 1. The van der Waals surface area contributed by atoms with E-state index in [0.29, 0.717) is 22.9 Å². The first kappa shape index (κ1) is 12.3. The number of cyclic esters (lactones) is 1. The first-order valence-electron chi connectivity index (χ1n) is 4.94. The summed E-state index contributed by atoms with van der Waals surface area (Å²) < 4.78 is 4.83. The number of halogens is 1. The Labute approximate surface area is 107 Å². The number of carbonyl (C=O) groups excluding carboxylic acids is 1. The molecular weight excluding hydrogens is 264 g/mol. The molecule has 1 aromatic carbocycles. The molecule has 17 heavy (non-hydrogen) atoms. The van der Waals surface area contributed by atoms with E-state index < -0.39 is 5.97 Å². The van der Waals surface area contributed by atoms with Crippen molar-refractivity contribution in [2.75, 3.05) is 6.61 Å². The van der Waals surface area contributed by atoms with E-state index in [2.05, 4.69) is 0 Å². The van der Waals surface area contributed by atoms with Gasteiger partial charge < -0.3 is 9.84 Å². The van der Waals surface area contributed by atoms with Crippen LogP contribution in [0.15, 0.2) is 23.1 Å². The van der Waals surface area contributed by atoms with E-state index in [1.807, 2.05) is 0 Å². The molecule has 1 aliphatic rings. The minimum absolute atomic E-state index is 0.113. The lowest BCUT2D eigenvalue weighted by molar-refractivity contribution is -0.137. The molecule has 1 saturated heterocycles. The van der Waals surface area contributed by atoms with E-state index in [0.717, 1.165) is 0 Å². The molecule has 90 valence electrons. The third-order valence-electron chi connectivity index (χ3n) is 2.33. The van der Waals surface area contributed by atoms with Crippen LogP contribution < -0.4 is 0 Å². The highest BCUT2D eigenvalue weighted by atomic mass is 35.5. The number of thioether (sulfide) groups is 1. The largest absolute Gasteiger partial charge is 0.478 e. The Morgan fingerprint density at radius 1 is 1.53 bits per heavy atom. The van der Waals surface area contributed by atoms with Gasteiger partial charge in [0, 0.05) is 16.3 Å². The van der Waals surface area contributed by atoms with Crippen LogP contribution in [-0.4, -0.2) is 28.9 Å². The van der Waals surface area contributed by atoms with Crippen molar-refractivity contribution >= 4 is 35.3 Å². The Morgan fingerprint density at radius 2 is 2.29 bits per heavy atom. The fraction of sp³-hybridized carbons (Fsp3) is 0.273. The molecule has 1 heterocycles. The second kappa shape index (κ2) is 4.98. The zero-order valence-electron chi connectivity index (χ0n) is 8.68. The monoisotopic (exact) mass is 272 g/mol. The molecule has 0 aromatic heterocycles. The molecule has 1 fully saturated rings. The van der Waals surface area contributed by atoms with E-state index in [-0.39, 0.29) is 16.8 Å². The number of benzene rings is 1.